The number of benzene rings is 1. The van der Waals surface area contributed by atoms with Crippen molar-refractivity contribution in [2.45, 2.75) is 31.4 Å². The van der Waals surface area contributed by atoms with Crippen LogP contribution in [0.4, 0.5) is 10.1 Å². The summed E-state index contributed by atoms with van der Waals surface area (Å²) in [4.78, 5) is 12.3. The molecule has 2 atom stereocenters. The summed E-state index contributed by atoms with van der Waals surface area (Å²) in [5, 5.41) is 2.94. The molecule has 2 unspecified atom stereocenters. The summed E-state index contributed by atoms with van der Waals surface area (Å²) in [7, 11) is 0. The van der Waals surface area contributed by atoms with Crippen molar-refractivity contribution < 1.29 is 13.9 Å². The average Bonchev–Trinajstić information content (AvgIpc) is 3.19. The van der Waals surface area contributed by atoms with Gasteiger partial charge in [-0.2, -0.15) is 0 Å². The number of hydrogen-bond acceptors (Lipinski definition) is 4. The van der Waals surface area contributed by atoms with E-state index in [0.717, 1.165) is 19.3 Å². The van der Waals surface area contributed by atoms with E-state index in [9.17, 15) is 9.18 Å². The van der Waals surface area contributed by atoms with E-state index >= 15 is 0 Å². The van der Waals surface area contributed by atoms with Gasteiger partial charge in [0, 0.05) is 6.61 Å². The van der Waals surface area contributed by atoms with Crippen molar-refractivity contribution in [1.82, 2.24) is 5.32 Å². The van der Waals surface area contributed by atoms with Gasteiger partial charge in [0.25, 0.3) is 5.91 Å². The van der Waals surface area contributed by atoms with Crippen molar-refractivity contribution in [3.8, 4) is 0 Å². The molecule has 1 aliphatic heterocycles. The van der Waals surface area contributed by atoms with Gasteiger partial charge in [0.15, 0.2) is 0 Å². The number of anilines is 1. The Hall–Kier alpha value is -1.66. The molecule has 3 rings (SSSR count). The molecule has 6 heteroatoms. The monoisotopic (exact) mass is 279 g/mol. The third-order valence-electron chi connectivity index (χ3n) is 3.94. The minimum absolute atomic E-state index is 0.00360. The molecule has 1 aromatic carbocycles. The Labute approximate surface area is 116 Å². The Morgan fingerprint density at radius 1 is 1.35 bits per heavy atom. The van der Waals surface area contributed by atoms with Crippen molar-refractivity contribution in [3.63, 3.8) is 0 Å². The molecule has 1 saturated carbocycles. The minimum Gasteiger partial charge on any atom is -0.376 e. The van der Waals surface area contributed by atoms with Crippen LogP contribution < -0.4 is 16.6 Å². The van der Waals surface area contributed by atoms with E-state index in [1.54, 1.807) is 6.07 Å². The molecule has 1 heterocycles. The zero-order chi connectivity index (χ0) is 14.1. The predicted molar refractivity (Wildman–Crippen MR) is 72.5 cm³/mol. The number of carbonyl (C=O) groups is 1. The fraction of sp³-hybridized carbons (Fsp3) is 0.500. The highest BCUT2D eigenvalue weighted by Crippen LogP contribution is 2.38. The van der Waals surface area contributed by atoms with Crippen LogP contribution in [0.15, 0.2) is 18.2 Å². The molecule has 0 aromatic heterocycles. The number of amides is 1. The molecule has 4 N–H and O–H groups in total. The van der Waals surface area contributed by atoms with Crippen LogP contribution in [-0.4, -0.2) is 24.7 Å². The molecule has 0 spiro atoms. The van der Waals surface area contributed by atoms with Crippen LogP contribution in [0.2, 0.25) is 0 Å². The van der Waals surface area contributed by atoms with Crippen LogP contribution in [0.1, 0.15) is 29.6 Å². The first-order chi connectivity index (χ1) is 9.70. The predicted octanol–water partition coefficient (Wildman–Crippen LogP) is 1.41. The number of nitrogens with two attached hydrogens (primary N) is 1. The topological polar surface area (TPSA) is 76.4 Å². The molecule has 1 aromatic rings. The zero-order valence-electron chi connectivity index (χ0n) is 11.1. The van der Waals surface area contributed by atoms with Crippen molar-refractivity contribution >= 4 is 11.6 Å². The summed E-state index contributed by atoms with van der Waals surface area (Å²) in [6, 6.07) is 4.31. The fourth-order valence-corrected chi connectivity index (χ4v) is 2.76. The second kappa shape index (κ2) is 5.38. The summed E-state index contributed by atoms with van der Waals surface area (Å²) < 4.78 is 19.3. The number of ether oxygens (including phenoxy) is 1. The van der Waals surface area contributed by atoms with Gasteiger partial charge >= 0.3 is 0 Å². The first kappa shape index (κ1) is 13.3. The number of para-hydroxylation sites is 1. The van der Waals surface area contributed by atoms with Crippen LogP contribution in [0, 0.1) is 11.7 Å². The first-order valence-corrected chi connectivity index (χ1v) is 6.88. The van der Waals surface area contributed by atoms with Crippen LogP contribution in [0.3, 0.4) is 0 Å². The quantitative estimate of drug-likeness (QED) is 0.575. The molecule has 1 aliphatic carbocycles. The smallest absolute Gasteiger partial charge is 0.253 e. The molecule has 2 fully saturated rings. The second-order valence-corrected chi connectivity index (χ2v) is 5.35. The Bertz CT molecular complexity index is 519. The van der Waals surface area contributed by atoms with E-state index in [1.165, 1.54) is 12.1 Å². The summed E-state index contributed by atoms with van der Waals surface area (Å²) >= 11 is 0. The largest absolute Gasteiger partial charge is 0.376 e. The maximum atomic E-state index is 13.6. The molecule has 5 nitrogen and oxygen atoms in total. The summed E-state index contributed by atoms with van der Waals surface area (Å²) in [5.41, 5.74) is 2.49. The van der Waals surface area contributed by atoms with Gasteiger partial charge in [-0.25, -0.2) is 4.39 Å². The lowest BCUT2D eigenvalue weighted by molar-refractivity contribution is 0.0730. The van der Waals surface area contributed by atoms with Gasteiger partial charge in [0.1, 0.15) is 5.82 Å². The standard InChI is InChI=1S/C14H18FN3O2/c15-10-3-1-2-9(12(10)18-16)14(19)17-11-6-7-20-13(11)8-4-5-8/h1-3,8,11,13,18H,4-7,16H2,(H,17,19). The van der Waals surface area contributed by atoms with Crippen molar-refractivity contribution in [3.05, 3.63) is 29.6 Å². The molecular formula is C14H18FN3O2. The number of carbonyl (C=O) groups excluding carboxylic acids is 1. The Balaban J connectivity index is 1.74. The van der Waals surface area contributed by atoms with E-state index in [0.29, 0.717) is 12.5 Å². The SMILES string of the molecule is NNc1c(F)cccc1C(=O)NC1CCOC1C1CC1. The van der Waals surface area contributed by atoms with Gasteiger partial charge in [0.05, 0.1) is 23.4 Å². The normalized spacial score (nSPS) is 25.5. The molecule has 0 radical (unpaired) electrons. The number of hydrazine groups is 1. The molecular weight excluding hydrogens is 261 g/mol. The Morgan fingerprint density at radius 2 is 2.15 bits per heavy atom. The number of rotatable bonds is 4. The molecule has 1 amide bonds. The zero-order valence-corrected chi connectivity index (χ0v) is 11.1. The number of nitrogen functional groups attached to an aromatic ring is 1. The highest BCUT2D eigenvalue weighted by atomic mass is 19.1. The average molecular weight is 279 g/mol. The van der Waals surface area contributed by atoms with Crippen LogP contribution >= 0.6 is 0 Å². The fourth-order valence-electron chi connectivity index (χ4n) is 2.76. The maximum Gasteiger partial charge on any atom is 0.253 e. The summed E-state index contributed by atoms with van der Waals surface area (Å²) in [5.74, 6) is 4.99. The van der Waals surface area contributed by atoms with Crippen LogP contribution in [0.25, 0.3) is 0 Å². The van der Waals surface area contributed by atoms with Gasteiger partial charge in [-0.3, -0.25) is 10.6 Å². The highest BCUT2D eigenvalue weighted by molar-refractivity contribution is 5.99. The molecule has 2 aliphatic rings. The molecule has 108 valence electrons. The minimum atomic E-state index is -0.540. The van der Waals surface area contributed by atoms with E-state index < -0.39 is 5.82 Å². The van der Waals surface area contributed by atoms with E-state index in [2.05, 4.69) is 10.7 Å². The molecule has 20 heavy (non-hydrogen) atoms. The lowest BCUT2D eigenvalue weighted by Gasteiger charge is -2.20. The van der Waals surface area contributed by atoms with Gasteiger partial charge in [-0.05, 0) is 37.3 Å². The molecule has 0 bridgehead atoms. The maximum absolute atomic E-state index is 13.6. The van der Waals surface area contributed by atoms with Gasteiger partial charge in [0.2, 0.25) is 0 Å². The van der Waals surface area contributed by atoms with Crippen LogP contribution in [0.5, 0.6) is 0 Å². The number of hydrogen-bond donors (Lipinski definition) is 3. The number of halogens is 1. The van der Waals surface area contributed by atoms with Crippen LogP contribution in [-0.2, 0) is 4.74 Å². The Kier molecular flexibility index (Phi) is 3.58. The van der Waals surface area contributed by atoms with E-state index in [4.69, 9.17) is 10.6 Å². The van der Waals surface area contributed by atoms with E-state index in [-0.39, 0.29) is 29.3 Å². The summed E-state index contributed by atoms with van der Waals surface area (Å²) in [6.07, 6.45) is 3.22. The third kappa shape index (κ3) is 2.48. The first-order valence-electron chi connectivity index (χ1n) is 6.88. The third-order valence-corrected chi connectivity index (χ3v) is 3.94. The summed E-state index contributed by atoms with van der Waals surface area (Å²) in [6.45, 7) is 0.664. The van der Waals surface area contributed by atoms with Crippen molar-refractivity contribution in [2.75, 3.05) is 12.0 Å². The van der Waals surface area contributed by atoms with Crippen molar-refractivity contribution in [2.24, 2.45) is 11.8 Å². The van der Waals surface area contributed by atoms with Crippen molar-refractivity contribution in [1.29, 1.82) is 0 Å². The Morgan fingerprint density at radius 3 is 2.85 bits per heavy atom. The lowest BCUT2D eigenvalue weighted by atomic mass is 10.1. The molecule has 1 saturated heterocycles. The lowest BCUT2D eigenvalue weighted by Crippen LogP contribution is -2.41. The van der Waals surface area contributed by atoms with Gasteiger partial charge in [-0.1, -0.05) is 6.07 Å². The second-order valence-electron chi connectivity index (χ2n) is 5.35. The van der Waals surface area contributed by atoms with Gasteiger partial charge in [-0.15, -0.1) is 0 Å². The van der Waals surface area contributed by atoms with E-state index in [1.807, 2.05) is 0 Å². The number of nitrogens with one attached hydrogen (secondary N) is 2. The highest BCUT2D eigenvalue weighted by Gasteiger charge is 2.41. The van der Waals surface area contributed by atoms with Gasteiger partial charge < -0.3 is 15.5 Å².